The minimum atomic E-state index is -3.65. The van der Waals surface area contributed by atoms with Gasteiger partial charge in [-0.25, -0.2) is 17.8 Å². The third kappa shape index (κ3) is 4.51. The molecule has 1 aromatic heterocycles. The zero-order chi connectivity index (χ0) is 19.6. The number of sulfone groups is 1. The molecule has 0 unspecified atom stereocenters. The second kappa shape index (κ2) is 7.74. The van der Waals surface area contributed by atoms with Crippen molar-refractivity contribution in [2.75, 3.05) is 11.1 Å². The molecule has 0 saturated heterocycles. The van der Waals surface area contributed by atoms with Crippen LogP contribution in [-0.4, -0.2) is 25.1 Å². The number of nitrogens with one attached hydrogen (secondary N) is 1. The van der Waals surface area contributed by atoms with Crippen LogP contribution >= 0.6 is 11.3 Å². The largest absolute Gasteiger partial charge is 0.302 e. The van der Waals surface area contributed by atoms with Gasteiger partial charge in [0.25, 0.3) is 0 Å². The van der Waals surface area contributed by atoms with Crippen LogP contribution < -0.4 is 5.32 Å². The standard InChI is InChI=1S/C19H19FN2O3S2/c1-12(2)15-4-3-5-16-18(15)22-19(26-16)21-17(23)10-11-27(24,25)14-8-6-13(20)7-9-14/h3-9,12H,10-11H2,1-2H3,(H,21,22,23). The Morgan fingerprint density at radius 1 is 1.19 bits per heavy atom. The molecule has 1 heterocycles. The molecule has 1 N–H and O–H groups in total. The molecule has 3 aromatic rings. The monoisotopic (exact) mass is 406 g/mol. The summed E-state index contributed by atoms with van der Waals surface area (Å²) in [5.74, 6) is -0.985. The van der Waals surface area contributed by atoms with E-state index in [1.165, 1.54) is 23.5 Å². The van der Waals surface area contributed by atoms with Crippen molar-refractivity contribution < 1.29 is 17.6 Å². The highest BCUT2D eigenvalue weighted by atomic mass is 32.2. The molecule has 0 spiro atoms. The molecule has 5 nitrogen and oxygen atoms in total. The number of rotatable bonds is 6. The molecule has 3 rings (SSSR count). The van der Waals surface area contributed by atoms with E-state index in [1.807, 2.05) is 18.2 Å². The van der Waals surface area contributed by atoms with E-state index in [-0.39, 0.29) is 17.1 Å². The predicted molar refractivity (Wildman–Crippen MR) is 105 cm³/mol. The Kier molecular flexibility index (Phi) is 5.57. The lowest BCUT2D eigenvalue weighted by Crippen LogP contribution is -2.17. The number of nitrogens with zero attached hydrogens (tertiary/aromatic N) is 1. The third-order valence-electron chi connectivity index (χ3n) is 4.09. The molecule has 2 aromatic carbocycles. The Morgan fingerprint density at radius 3 is 2.56 bits per heavy atom. The minimum Gasteiger partial charge on any atom is -0.302 e. The van der Waals surface area contributed by atoms with E-state index >= 15 is 0 Å². The summed E-state index contributed by atoms with van der Waals surface area (Å²) in [6, 6.07) is 10.5. The quantitative estimate of drug-likeness (QED) is 0.617. The van der Waals surface area contributed by atoms with Crippen LogP contribution in [0.5, 0.6) is 0 Å². The maximum Gasteiger partial charge on any atom is 0.227 e. The fourth-order valence-electron chi connectivity index (χ4n) is 2.66. The van der Waals surface area contributed by atoms with Gasteiger partial charge >= 0.3 is 0 Å². The van der Waals surface area contributed by atoms with Crippen molar-refractivity contribution in [2.45, 2.75) is 31.1 Å². The average Bonchev–Trinajstić information content (AvgIpc) is 3.02. The lowest BCUT2D eigenvalue weighted by atomic mass is 10.0. The van der Waals surface area contributed by atoms with Crippen LogP contribution in [0.4, 0.5) is 9.52 Å². The van der Waals surface area contributed by atoms with E-state index in [0.29, 0.717) is 11.0 Å². The summed E-state index contributed by atoms with van der Waals surface area (Å²) >= 11 is 1.35. The van der Waals surface area contributed by atoms with Crippen LogP contribution in [0.15, 0.2) is 47.4 Å². The number of anilines is 1. The molecule has 1 amide bonds. The minimum absolute atomic E-state index is 0.00161. The predicted octanol–water partition coefficient (Wildman–Crippen LogP) is 4.36. The third-order valence-corrected chi connectivity index (χ3v) is 6.76. The number of hydrogen-bond donors (Lipinski definition) is 1. The van der Waals surface area contributed by atoms with Crippen molar-refractivity contribution in [1.82, 2.24) is 4.98 Å². The van der Waals surface area contributed by atoms with E-state index < -0.39 is 21.6 Å². The van der Waals surface area contributed by atoms with E-state index in [0.717, 1.165) is 27.9 Å². The first-order chi connectivity index (χ1) is 12.8. The van der Waals surface area contributed by atoms with Gasteiger partial charge < -0.3 is 5.32 Å². The van der Waals surface area contributed by atoms with Crippen LogP contribution in [-0.2, 0) is 14.6 Å². The number of benzene rings is 2. The fraction of sp³-hybridized carbons (Fsp3) is 0.263. The lowest BCUT2D eigenvalue weighted by Gasteiger charge is -2.05. The summed E-state index contributed by atoms with van der Waals surface area (Å²) in [7, 11) is -3.65. The van der Waals surface area contributed by atoms with E-state index in [4.69, 9.17) is 0 Å². The first-order valence-electron chi connectivity index (χ1n) is 8.44. The molecule has 0 atom stereocenters. The average molecular weight is 407 g/mol. The molecule has 0 aliphatic heterocycles. The highest BCUT2D eigenvalue weighted by Gasteiger charge is 2.18. The van der Waals surface area contributed by atoms with Crippen LogP contribution in [0.2, 0.25) is 0 Å². The van der Waals surface area contributed by atoms with E-state index in [2.05, 4.69) is 24.1 Å². The number of amides is 1. The van der Waals surface area contributed by atoms with Crippen molar-refractivity contribution in [3.63, 3.8) is 0 Å². The Morgan fingerprint density at radius 2 is 1.89 bits per heavy atom. The summed E-state index contributed by atoms with van der Waals surface area (Å²) < 4.78 is 38.4. The second-order valence-corrected chi connectivity index (χ2v) is 9.58. The van der Waals surface area contributed by atoms with Gasteiger partial charge in [-0.1, -0.05) is 37.3 Å². The molecular weight excluding hydrogens is 387 g/mol. The summed E-state index contributed by atoms with van der Waals surface area (Å²) in [5.41, 5.74) is 1.95. The zero-order valence-corrected chi connectivity index (χ0v) is 16.5. The van der Waals surface area contributed by atoms with Gasteiger partial charge in [0.05, 0.1) is 20.9 Å². The van der Waals surface area contributed by atoms with Crippen LogP contribution in [0.25, 0.3) is 10.2 Å². The van der Waals surface area contributed by atoms with Crippen molar-refractivity contribution in [1.29, 1.82) is 0 Å². The number of carbonyl (C=O) groups excluding carboxylic acids is 1. The summed E-state index contributed by atoms with van der Waals surface area (Å²) in [6.07, 6.45) is -0.202. The molecule has 0 aliphatic rings. The molecule has 27 heavy (non-hydrogen) atoms. The number of fused-ring (bicyclic) bond motifs is 1. The van der Waals surface area contributed by atoms with Gasteiger partial charge in [0.1, 0.15) is 5.82 Å². The van der Waals surface area contributed by atoms with Crippen LogP contribution in [0, 0.1) is 5.82 Å². The van der Waals surface area contributed by atoms with E-state index in [9.17, 15) is 17.6 Å². The molecule has 0 bridgehead atoms. The maximum atomic E-state index is 12.9. The van der Waals surface area contributed by atoms with Crippen LogP contribution in [0.3, 0.4) is 0 Å². The topological polar surface area (TPSA) is 76.1 Å². The maximum absolute atomic E-state index is 12.9. The van der Waals surface area contributed by atoms with Gasteiger partial charge in [-0.3, -0.25) is 4.79 Å². The number of hydrogen-bond acceptors (Lipinski definition) is 5. The first-order valence-corrected chi connectivity index (χ1v) is 10.9. The Hall–Kier alpha value is -2.32. The molecule has 0 aliphatic carbocycles. The Bertz CT molecular complexity index is 1070. The highest BCUT2D eigenvalue weighted by molar-refractivity contribution is 7.91. The summed E-state index contributed by atoms with van der Waals surface area (Å²) in [6.45, 7) is 4.15. The number of halogens is 1. The Balaban J connectivity index is 1.68. The first kappa shape index (κ1) is 19.4. The summed E-state index contributed by atoms with van der Waals surface area (Å²) in [5, 5.41) is 3.12. The molecular formula is C19H19FN2O3S2. The van der Waals surface area contributed by atoms with Gasteiger partial charge in [-0.15, -0.1) is 0 Å². The number of aromatic nitrogens is 1. The highest BCUT2D eigenvalue weighted by Crippen LogP contribution is 2.31. The van der Waals surface area contributed by atoms with Crippen molar-refractivity contribution in [3.05, 3.63) is 53.8 Å². The lowest BCUT2D eigenvalue weighted by molar-refractivity contribution is -0.115. The van der Waals surface area contributed by atoms with E-state index in [1.54, 1.807) is 0 Å². The van der Waals surface area contributed by atoms with Crippen molar-refractivity contribution in [3.8, 4) is 0 Å². The summed E-state index contributed by atoms with van der Waals surface area (Å²) in [4.78, 5) is 16.7. The molecule has 142 valence electrons. The van der Waals surface area contributed by atoms with Gasteiger partial charge in [-0.05, 0) is 41.8 Å². The zero-order valence-electron chi connectivity index (χ0n) is 14.9. The number of carbonyl (C=O) groups is 1. The Labute approximate surface area is 161 Å². The van der Waals surface area contributed by atoms with Gasteiger partial charge in [-0.2, -0.15) is 0 Å². The number of thiazole rings is 1. The molecule has 8 heteroatoms. The fourth-order valence-corrected chi connectivity index (χ4v) is 4.82. The normalized spacial score (nSPS) is 11.9. The second-order valence-electron chi connectivity index (χ2n) is 6.44. The van der Waals surface area contributed by atoms with Gasteiger partial charge in [0.2, 0.25) is 5.91 Å². The van der Waals surface area contributed by atoms with Gasteiger partial charge in [0.15, 0.2) is 15.0 Å². The van der Waals surface area contributed by atoms with Crippen LogP contribution in [0.1, 0.15) is 31.7 Å². The number of para-hydroxylation sites is 1. The smallest absolute Gasteiger partial charge is 0.227 e. The van der Waals surface area contributed by atoms with Gasteiger partial charge in [0, 0.05) is 6.42 Å². The van der Waals surface area contributed by atoms with Crippen molar-refractivity contribution >= 4 is 42.4 Å². The van der Waals surface area contributed by atoms with Crippen molar-refractivity contribution in [2.24, 2.45) is 0 Å². The molecule has 0 fully saturated rings. The molecule has 0 saturated carbocycles. The SMILES string of the molecule is CC(C)c1cccc2sc(NC(=O)CCS(=O)(=O)c3ccc(F)cc3)nc12. The molecule has 0 radical (unpaired) electrons.